The first-order valence-corrected chi connectivity index (χ1v) is 14.2. The number of allylic oxidation sites excluding steroid dienone is 2. The average Bonchev–Trinajstić information content (AvgIpc) is 2.78. The molecular weight excluding hydrogens is 412 g/mol. The van der Waals surface area contributed by atoms with Crippen LogP contribution in [0, 0.1) is 0 Å². The standard InChI is InChI=1S/C29H54O4/c1-3-5-7-9-11-13-15-17-19-21-23-25-29(32)33-27(26-28(30)31)24-22-20-18-16-14-12-10-8-6-4-2/h9,11,27H,3-8,10,12-26H2,1-2H3,(H,30,31)/b11-9-. The quantitative estimate of drug-likeness (QED) is 0.0827. The molecule has 194 valence electrons. The molecule has 0 saturated carbocycles. The number of carbonyl (C=O) groups is 2. The molecule has 0 bridgehead atoms. The van der Waals surface area contributed by atoms with E-state index in [1.54, 1.807) is 0 Å². The summed E-state index contributed by atoms with van der Waals surface area (Å²) in [5.41, 5.74) is 0. The van der Waals surface area contributed by atoms with Gasteiger partial charge in [-0.3, -0.25) is 9.59 Å². The Bertz CT molecular complexity index is 472. The third kappa shape index (κ3) is 25.1. The fraction of sp³-hybridized carbons (Fsp3) is 0.862. The van der Waals surface area contributed by atoms with Crippen molar-refractivity contribution in [1.82, 2.24) is 0 Å². The highest BCUT2D eigenvalue weighted by atomic mass is 16.5. The number of aliphatic carboxylic acids is 1. The van der Waals surface area contributed by atoms with Crippen LogP contribution in [0.2, 0.25) is 0 Å². The number of unbranched alkanes of at least 4 members (excludes halogenated alkanes) is 16. The van der Waals surface area contributed by atoms with Crippen molar-refractivity contribution in [3.63, 3.8) is 0 Å². The molecule has 33 heavy (non-hydrogen) atoms. The minimum atomic E-state index is -0.886. The topological polar surface area (TPSA) is 63.6 Å². The maximum Gasteiger partial charge on any atom is 0.307 e. The van der Waals surface area contributed by atoms with Crippen molar-refractivity contribution in [3.8, 4) is 0 Å². The molecule has 1 unspecified atom stereocenters. The van der Waals surface area contributed by atoms with Crippen LogP contribution in [0.5, 0.6) is 0 Å². The predicted octanol–water partition coefficient (Wildman–Crippen LogP) is 9.16. The second-order valence-electron chi connectivity index (χ2n) is 9.60. The van der Waals surface area contributed by atoms with E-state index in [-0.39, 0.29) is 12.4 Å². The summed E-state index contributed by atoms with van der Waals surface area (Å²) in [6.07, 6.45) is 27.9. The van der Waals surface area contributed by atoms with Crippen LogP contribution < -0.4 is 0 Å². The van der Waals surface area contributed by atoms with Gasteiger partial charge in [0.1, 0.15) is 6.10 Å². The van der Waals surface area contributed by atoms with Gasteiger partial charge in [-0.25, -0.2) is 0 Å². The van der Waals surface area contributed by atoms with E-state index in [0.29, 0.717) is 12.8 Å². The highest BCUT2D eigenvalue weighted by molar-refractivity contribution is 5.71. The van der Waals surface area contributed by atoms with E-state index in [2.05, 4.69) is 26.0 Å². The molecule has 0 fully saturated rings. The van der Waals surface area contributed by atoms with Crippen LogP contribution in [0.1, 0.15) is 155 Å². The number of carbonyl (C=O) groups excluding carboxylic acids is 1. The van der Waals surface area contributed by atoms with Gasteiger partial charge in [0.15, 0.2) is 0 Å². The van der Waals surface area contributed by atoms with Crippen molar-refractivity contribution in [2.24, 2.45) is 0 Å². The lowest BCUT2D eigenvalue weighted by atomic mass is 10.0. The van der Waals surface area contributed by atoms with Crippen molar-refractivity contribution >= 4 is 11.9 Å². The van der Waals surface area contributed by atoms with Gasteiger partial charge >= 0.3 is 11.9 Å². The second kappa shape index (κ2) is 25.3. The van der Waals surface area contributed by atoms with E-state index in [4.69, 9.17) is 9.84 Å². The molecule has 0 radical (unpaired) electrons. The molecule has 0 aromatic heterocycles. The third-order valence-corrected chi connectivity index (χ3v) is 6.22. The number of esters is 1. The van der Waals surface area contributed by atoms with E-state index < -0.39 is 12.1 Å². The summed E-state index contributed by atoms with van der Waals surface area (Å²) in [5, 5.41) is 9.14. The zero-order chi connectivity index (χ0) is 24.4. The number of rotatable bonds is 25. The first kappa shape index (κ1) is 31.7. The maximum absolute atomic E-state index is 12.2. The normalized spacial score (nSPS) is 12.3. The molecule has 0 amide bonds. The van der Waals surface area contributed by atoms with Crippen LogP contribution in [-0.4, -0.2) is 23.1 Å². The number of carboxylic acid groups (broad SMARTS) is 1. The van der Waals surface area contributed by atoms with Crippen LogP contribution >= 0.6 is 0 Å². The summed E-state index contributed by atoms with van der Waals surface area (Å²) in [6.45, 7) is 4.46. The van der Waals surface area contributed by atoms with Crippen LogP contribution in [0.4, 0.5) is 0 Å². The molecule has 4 heteroatoms. The van der Waals surface area contributed by atoms with Gasteiger partial charge in [-0.05, 0) is 38.5 Å². The fourth-order valence-electron chi connectivity index (χ4n) is 4.12. The summed E-state index contributed by atoms with van der Waals surface area (Å²) in [6, 6.07) is 0. The third-order valence-electron chi connectivity index (χ3n) is 6.22. The molecule has 0 rings (SSSR count). The molecular formula is C29H54O4. The monoisotopic (exact) mass is 466 g/mol. The summed E-state index contributed by atoms with van der Waals surface area (Å²) in [4.78, 5) is 23.3. The molecule has 0 aliphatic rings. The van der Waals surface area contributed by atoms with Crippen LogP contribution in [0.25, 0.3) is 0 Å². The Balaban J connectivity index is 3.75. The number of hydrogen-bond donors (Lipinski definition) is 1. The lowest BCUT2D eigenvalue weighted by Crippen LogP contribution is -2.21. The van der Waals surface area contributed by atoms with Crippen molar-refractivity contribution in [2.45, 2.75) is 161 Å². The van der Waals surface area contributed by atoms with Crippen LogP contribution in [-0.2, 0) is 14.3 Å². The van der Waals surface area contributed by atoms with Gasteiger partial charge in [0.2, 0.25) is 0 Å². The highest BCUT2D eigenvalue weighted by Crippen LogP contribution is 2.16. The van der Waals surface area contributed by atoms with E-state index in [9.17, 15) is 9.59 Å². The minimum absolute atomic E-state index is 0.0745. The van der Waals surface area contributed by atoms with Crippen molar-refractivity contribution in [2.75, 3.05) is 0 Å². The van der Waals surface area contributed by atoms with Gasteiger partial charge in [0.25, 0.3) is 0 Å². The average molecular weight is 467 g/mol. The Morgan fingerprint density at radius 3 is 1.73 bits per heavy atom. The largest absolute Gasteiger partial charge is 0.481 e. The zero-order valence-electron chi connectivity index (χ0n) is 22.0. The predicted molar refractivity (Wildman–Crippen MR) is 140 cm³/mol. The lowest BCUT2D eigenvalue weighted by Gasteiger charge is -2.16. The van der Waals surface area contributed by atoms with Crippen molar-refractivity contribution in [3.05, 3.63) is 12.2 Å². The minimum Gasteiger partial charge on any atom is -0.481 e. The molecule has 0 aliphatic carbocycles. The first-order valence-electron chi connectivity index (χ1n) is 14.2. The van der Waals surface area contributed by atoms with Gasteiger partial charge in [-0.2, -0.15) is 0 Å². The number of ether oxygens (including phenoxy) is 1. The Labute approximate surface area is 204 Å². The molecule has 0 aliphatic heterocycles. The molecule has 0 heterocycles. The summed E-state index contributed by atoms with van der Waals surface area (Å²) < 4.78 is 5.51. The van der Waals surface area contributed by atoms with Gasteiger partial charge in [-0.1, -0.05) is 116 Å². The maximum atomic E-state index is 12.2. The van der Waals surface area contributed by atoms with Gasteiger partial charge in [0, 0.05) is 6.42 Å². The molecule has 0 spiro atoms. The second-order valence-corrected chi connectivity index (χ2v) is 9.60. The number of hydrogen-bond acceptors (Lipinski definition) is 3. The Hall–Kier alpha value is -1.32. The Morgan fingerprint density at radius 2 is 1.15 bits per heavy atom. The SMILES string of the molecule is CCCC/C=C\CCCCCCCC(=O)OC(CCCCCCCCCCCC)CC(=O)O. The molecule has 0 aromatic carbocycles. The van der Waals surface area contributed by atoms with Gasteiger partial charge in [0.05, 0.1) is 6.42 Å². The smallest absolute Gasteiger partial charge is 0.307 e. The summed E-state index contributed by atoms with van der Waals surface area (Å²) in [5.74, 6) is -1.11. The summed E-state index contributed by atoms with van der Waals surface area (Å²) in [7, 11) is 0. The molecule has 0 saturated heterocycles. The van der Waals surface area contributed by atoms with E-state index >= 15 is 0 Å². The number of carboxylic acids is 1. The Kier molecular flexibility index (Phi) is 24.3. The van der Waals surface area contributed by atoms with Crippen LogP contribution in [0.15, 0.2) is 12.2 Å². The zero-order valence-corrected chi connectivity index (χ0v) is 22.0. The fourth-order valence-corrected chi connectivity index (χ4v) is 4.12. The highest BCUT2D eigenvalue weighted by Gasteiger charge is 2.17. The lowest BCUT2D eigenvalue weighted by molar-refractivity contribution is -0.153. The molecule has 1 atom stereocenters. The molecule has 1 N–H and O–H groups in total. The van der Waals surface area contributed by atoms with Gasteiger partial charge in [-0.15, -0.1) is 0 Å². The van der Waals surface area contributed by atoms with Gasteiger partial charge < -0.3 is 9.84 Å². The Morgan fingerprint density at radius 1 is 0.667 bits per heavy atom. The first-order chi connectivity index (χ1) is 16.1. The summed E-state index contributed by atoms with van der Waals surface area (Å²) >= 11 is 0. The molecule has 4 nitrogen and oxygen atoms in total. The van der Waals surface area contributed by atoms with E-state index in [1.807, 2.05) is 0 Å². The van der Waals surface area contributed by atoms with E-state index in [0.717, 1.165) is 38.5 Å². The van der Waals surface area contributed by atoms with Crippen molar-refractivity contribution in [1.29, 1.82) is 0 Å². The van der Waals surface area contributed by atoms with Crippen molar-refractivity contribution < 1.29 is 19.4 Å². The van der Waals surface area contributed by atoms with Crippen LogP contribution in [0.3, 0.4) is 0 Å². The molecule has 0 aromatic rings. The van der Waals surface area contributed by atoms with E-state index in [1.165, 1.54) is 83.5 Å².